The largest absolute Gasteiger partial charge is 0.454 e. The highest BCUT2D eigenvalue weighted by molar-refractivity contribution is 7.84. The Labute approximate surface area is 97.2 Å². The number of ether oxygens (including phenoxy) is 2. The van der Waals surface area contributed by atoms with Crippen LogP contribution in [0.1, 0.15) is 18.5 Å². The van der Waals surface area contributed by atoms with Gasteiger partial charge in [0.05, 0.1) is 0 Å². The van der Waals surface area contributed by atoms with Crippen LogP contribution in [0.3, 0.4) is 0 Å². The smallest absolute Gasteiger partial charge is 0.231 e. The number of hydrogen-bond acceptors (Lipinski definition) is 4. The van der Waals surface area contributed by atoms with Crippen molar-refractivity contribution in [3.8, 4) is 11.5 Å². The Kier molecular flexibility index (Phi) is 3.46. The van der Waals surface area contributed by atoms with Crippen molar-refractivity contribution in [1.82, 2.24) is 0 Å². The van der Waals surface area contributed by atoms with Gasteiger partial charge in [-0.3, -0.25) is 4.21 Å². The third-order valence-corrected chi connectivity index (χ3v) is 3.89. The van der Waals surface area contributed by atoms with Crippen molar-refractivity contribution in [1.29, 1.82) is 0 Å². The standard InChI is InChI=1S/C11H15NO3S/c1-2-16(13)6-9(12)8-3-4-10-11(5-8)15-7-14-10/h3-5,9H,2,6-7,12H2,1H3. The molecule has 5 heteroatoms. The van der Waals surface area contributed by atoms with E-state index in [0.717, 1.165) is 17.1 Å². The SMILES string of the molecule is CCS(=O)CC(N)c1ccc2c(c1)OCO2. The van der Waals surface area contributed by atoms with Crippen LogP contribution < -0.4 is 15.2 Å². The predicted molar refractivity (Wildman–Crippen MR) is 63.0 cm³/mol. The molecule has 0 saturated carbocycles. The number of benzene rings is 1. The first-order chi connectivity index (χ1) is 7.70. The molecule has 2 N–H and O–H groups in total. The number of nitrogens with two attached hydrogens (primary N) is 1. The van der Waals surface area contributed by atoms with Crippen molar-refractivity contribution in [3.05, 3.63) is 23.8 Å². The summed E-state index contributed by atoms with van der Waals surface area (Å²) in [5.74, 6) is 2.58. The first-order valence-electron chi connectivity index (χ1n) is 5.21. The van der Waals surface area contributed by atoms with E-state index in [9.17, 15) is 4.21 Å². The summed E-state index contributed by atoms with van der Waals surface area (Å²) in [4.78, 5) is 0. The molecule has 1 aromatic rings. The third kappa shape index (κ3) is 2.36. The Balaban J connectivity index is 2.12. The van der Waals surface area contributed by atoms with E-state index in [1.54, 1.807) is 0 Å². The van der Waals surface area contributed by atoms with Gasteiger partial charge in [0.25, 0.3) is 0 Å². The fourth-order valence-corrected chi connectivity index (χ4v) is 2.39. The van der Waals surface area contributed by atoms with Crippen LogP contribution in [0.4, 0.5) is 0 Å². The molecule has 88 valence electrons. The topological polar surface area (TPSA) is 61.6 Å². The molecule has 1 aliphatic heterocycles. The zero-order valence-electron chi connectivity index (χ0n) is 9.14. The van der Waals surface area contributed by atoms with Gasteiger partial charge in [-0.25, -0.2) is 0 Å². The quantitative estimate of drug-likeness (QED) is 0.860. The van der Waals surface area contributed by atoms with Crippen LogP contribution in [0.25, 0.3) is 0 Å². The van der Waals surface area contributed by atoms with Crippen LogP contribution in [0.5, 0.6) is 11.5 Å². The molecule has 1 aromatic carbocycles. The Hall–Kier alpha value is -1.07. The molecule has 16 heavy (non-hydrogen) atoms. The normalized spacial score (nSPS) is 17.1. The van der Waals surface area contributed by atoms with Gasteiger partial charge in [0, 0.05) is 28.3 Å². The average Bonchev–Trinajstić information content (AvgIpc) is 2.75. The Morgan fingerprint density at radius 2 is 2.19 bits per heavy atom. The average molecular weight is 241 g/mol. The maximum atomic E-state index is 11.4. The number of hydrogen-bond donors (Lipinski definition) is 1. The Bertz CT molecular complexity index is 408. The zero-order valence-corrected chi connectivity index (χ0v) is 9.96. The fourth-order valence-electron chi connectivity index (χ4n) is 1.56. The van der Waals surface area contributed by atoms with Gasteiger partial charge < -0.3 is 15.2 Å². The second-order valence-corrected chi connectivity index (χ2v) is 5.40. The van der Waals surface area contributed by atoms with E-state index in [-0.39, 0.29) is 12.8 Å². The van der Waals surface area contributed by atoms with Crippen molar-refractivity contribution in [2.24, 2.45) is 5.73 Å². The molecule has 2 atom stereocenters. The summed E-state index contributed by atoms with van der Waals surface area (Å²) in [6.45, 7) is 2.15. The highest BCUT2D eigenvalue weighted by atomic mass is 32.2. The van der Waals surface area contributed by atoms with E-state index >= 15 is 0 Å². The van der Waals surface area contributed by atoms with Gasteiger partial charge in [0.2, 0.25) is 6.79 Å². The monoisotopic (exact) mass is 241 g/mol. The first kappa shape index (κ1) is 11.4. The molecule has 4 nitrogen and oxygen atoms in total. The zero-order chi connectivity index (χ0) is 11.5. The van der Waals surface area contributed by atoms with Gasteiger partial charge in [0.15, 0.2) is 11.5 Å². The molecule has 0 aliphatic carbocycles. The maximum absolute atomic E-state index is 11.4. The third-order valence-electron chi connectivity index (χ3n) is 2.51. The molecular weight excluding hydrogens is 226 g/mol. The molecule has 1 heterocycles. The summed E-state index contributed by atoms with van der Waals surface area (Å²) in [6, 6.07) is 5.38. The highest BCUT2D eigenvalue weighted by Crippen LogP contribution is 2.33. The number of rotatable bonds is 4. The second-order valence-electron chi connectivity index (χ2n) is 3.61. The lowest BCUT2D eigenvalue weighted by Crippen LogP contribution is -2.19. The van der Waals surface area contributed by atoms with Crippen molar-refractivity contribution in [2.45, 2.75) is 13.0 Å². The fraction of sp³-hybridized carbons (Fsp3) is 0.455. The van der Waals surface area contributed by atoms with E-state index < -0.39 is 10.8 Å². The lowest BCUT2D eigenvalue weighted by atomic mass is 10.1. The van der Waals surface area contributed by atoms with Crippen LogP contribution >= 0.6 is 0 Å². The van der Waals surface area contributed by atoms with Crippen LogP contribution in [0, 0.1) is 0 Å². The van der Waals surface area contributed by atoms with Gasteiger partial charge in [-0.05, 0) is 17.7 Å². The molecular formula is C11H15NO3S. The molecule has 2 unspecified atom stereocenters. The van der Waals surface area contributed by atoms with Crippen LogP contribution in [-0.2, 0) is 10.8 Å². The number of fused-ring (bicyclic) bond motifs is 1. The van der Waals surface area contributed by atoms with Crippen molar-refractivity contribution in [2.75, 3.05) is 18.3 Å². The summed E-state index contributed by atoms with van der Waals surface area (Å²) < 4.78 is 21.9. The lowest BCUT2D eigenvalue weighted by molar-refractivity contribution is 0.174. The van der Waals surface area contributed by atoms with Crippen LogP contribution in [0.15, 0.2) is 18.2 Å². The molecule has 0 amide bonds. The van der Waals surface area contributed by atoms with Gasteiger partial charge in [-0.15, -0.1) is 0 Å². The summed E-state index contributed by atoms with van der Waals surface area (Å²) in [7, 11) is -0.853. The van der Waals surface area contributed by atoms with E-state index in [0.29, 0.717) is 11.5 Å². The van der Waals surface area contributed by atoms with Gasteiger partial charge >= 0.3 is 0 Å². The molecule has 1 aliphatic rings. The molecule has 0 fully saturated rings. The minimum atomic E-state index is -0.853. The van der Waals surface area contributed by atoms with E-state index in [1.807, 2.05) is 25.1 Å². The predicted octanol–water partition coefficient (Wildman–Crippen LogP) is 1.18. The van der Waals surface area contributed by atoms with Gasteiger partial charge in [-0.2, -0.15) is 0 Å². The molecule has 0 saturated heterocycles. The minimum Gasteiger partial charge on any atom is -0.454 e. The summed E-state index contributed by atoms with van der Waals surface area (Å²) >= 11 is 0. The molecule has 2 rings (SSSR count). The van der Waals surface area contributed by atoms with Gasteiger partial charge in [-0.1, -0.05) is 13.0 Å². The summed E-state index contributed by atoms with van der Waals surface area (Å²) in [5.41, 5.74) is 6.91. The van der Waals surface area contributed by atoms with Crippen molar-refractivity contribution in [3.63, 3.8) is 0 Å². The second kappa shape index (κ2) is 4.84. The van der Waals surface area contributed by atoms with Crippen LogP contribution in [0.2, 0.25) is 0 Å². The summed E-state index contributed by atoms with van der Waals surface area (Å²) in [6.07, 6.45) is 0. The van der Waals surface area contributed by atoms with Gasteiger partial charge in [0.1, 0.15) is 0 Å². The molecule has 0 aromatic heterocycles. The highest BCUT2D eigenvalue weighted by Gasteiger charge is 2.16. The van der Waals surface area contributed by atoms with E-state index in [1.165, 1.54) is 0 Å². The van der Waals surface area contributed by atoms with E-state index in [2.05, 4.69) is 0 Å². The first-order valence-corrected chi connectivity index (χ1v) is 6.69. The van der Waals surface area contributed by atoms with E-state index in [4.69, 9.17) is 15.2 Å². The van der Waals surface area contributed by atoms with Crippen LogP contribution in [-0.4, -0.2) is 22.5 Å². The van der Waals surface area contributed by atoms with Crippen molar-refractivity contribution >= 4 is 10.8 Å². The summed E-state index contributed by atoms with van der Waals surface area (Å²) in [5, 5.41) is 0. The van der Waals surface area contributed by atoms with Crippen molar-refractivity contribution < 1.29 is 13.7 Å². The lowest BCUT2D eigenvalue weighted by Gasteiger charge is -2.11. The Morgan fingerprint density at radius 1 is 1.44 bits per heavy atom. The maximum Gasteiger partial charge on any atom is 0.231 e. The molecule has 0 radical (unpaired) electrons. The molecule has 0 bridgehead atoms. The Morgan fingerprint density at radius 3 is 2.94 bits per heavy atom. The minimum absolute atomic E-state index is 0.213. The molecule has 0 spiro atoms.